The second kappa shape index (κ2) is 4.73. The lowest BCUT2D eigenvalue weighted by molar-refractivity contribution is -0.0372. The van der Waals surface area contributed by atoms with Gasteiger partial charge in [0.1, 0.15) is 6.61 Å². The van der Waals surface area contributed by atoms with Crippen LogP contribution >= 0.6 is 0 Å². The smallest absolute Gasteiger partial charge is 0.287 e. The lowest BCUT2D eigenvalue weighted by Crippen LogP contribution is -2.31. The second-order valence-corrected chi connectivity index (χ2v) is 3.97. The Balaban J connectivity index is 2.32. The lowest BCUT2D eigenvalue weighted by Gasteiger charge is -2.16. The minimum atomic E-state index is -3.16. The lowest BCUT2D eigenvalue weighted by atomic mass is 10.1. The predicted molar refractivity (Wildman–Crippen MR) is 66.7 cm³/mol. The van der Waals surface area contributed by atoms with Crippen molar-refractivity contribution in [3.8, 4) is 0 Å². The zero-order valence-corrected chi connectivity index (χ0v) is 9.53. The molecule has 1 heterocycles. The molecule has 0 aliphatic heterocycles. The molecule has 96 valence electrons. The molecular formula is C12H13F2N3O. The molecule has 0 amide bonds. The summed E-state index contributed by atoms with van der Waals surface area (Å²) in [6, 6.07) is 6.77. The molecular weight excluding hydrogens is 240 g/mol. The minimum absolute atomic E-state index is 0.491. The number of aliphatic hydroxyl groups excluding tert-OH is 1. The third-order valence-corrected chi connectivity index (χ3v) is 2.57. The van der Waals surface area contributed by atoms with Gasteiger partial charge in [-0.15, -0.1) is 0 Å². The first kappa shape index (κ1) is 12.5. The van der Waals surface area contributed by atoms with Gasteiger partial charge in [0.05, 0.1) is 17.7 Å². The Morgan fingerprint density at radius 2 is 2.11 bits per heavy atom. The van der Waals surface area contributed by atoms with Crippen molar-refractivity contribution in [1.82, 2.24) is 4.98 Å². The first-order valence-electron chi connectivity index (χ1n) is 5.39. The van der Waals surface area contributed by atoms with Crippen LogP contribution in [0.2, 0.25) is 0 Å². The van der Waals surface area contributed by atoms with Gasteiger partial charge in [0, 0.05) is 17.3 Å². The largest absolute Gasteiger partial charge is 0.397 e. The number of benzene rings is 1. The number of aliphatic hydroxyl groups is 1. The summed E-state index contributed by atoms with van der Waals surface area (Å²) in [6.07, 6.45) is 1.50. The number of pyridine rings is 1. The Morgan fingerprint density at radius 3 is 2.83 bits per heavy atom. The molecule has 0 radical (unpaired) electrons. The number of hydrogen-bond acceptors (Lipinski definition) is 4. The van der Waals surface area contributed by atoms with Crippen molar-refractivity contribution in [2.75, 3.05) is 24.2 Å². The van der Waals surface area contributed by atoms with Crippen LogP contribution in [0, 0.1) is 0 Å². The fourth-order valence-electron chi connectivity index (χ4n) is 1.63. The minimum Gasteiger partial charge on any atom is -0.397 e. The van der Waals surface area contributed by atoms with E-state index in [-0.39, 0.29) is 0 Å². The number of para-hydroxylation sites is 1. The SMILES string of the molecule is Nc1cccc2c(NCC(F)(F)CO)ccnc12. The number of hydrogen-bond donors (Lipinski definition) is 3. The molecule has 0 atom stereocenters. The van der Waals surface area contributed by atoms with Gasteiger partial charge in [-0.1, -0.05) is 12.1 Å². The van der Waals surface area contributed by atoms with Crippen LogP contribution in [-0.4, -0.2) is 29.2 Å². The third-order valence-electron chi connectivity index (χ3n) is 2.57. The fraction of sp³-hybridized carbons (Fsp3) is 0.250. The van der Waals surface area contributed by atoms with E-state index in [0.717, 1.165) is 0 Å². The van der Waals surface area contributed by atoms with Crippen molar-refractivity contribution in [1.29, 1.82) is 0 Å². The summed E-state index contributed by atoms with van der Waals surface area (Å²) in [6.45, 7) is -1.83. The Kier molecular flexibility index (Phi) is 3.29. The molecule has 2 aromatic rings. The Hall–Kier alpha value is -1.95. The number of halogens is 2. The van der Waals surface area contributed by atoms with E-state index in [1.807, 2.05) is 0 Å². The van der Waals surface area contributed by atoms with Gasteiger partial charge >= 0.3 is 0 Å². The number of rotatable bonds is 4. The average Bonchev–Trinajstić information content (AvgIpc) is 2.37. The van der Waals surface area contributed by atoms with E-state index in [1.165, 1.54) is 6.20 Å². The van der Waals surface area contributed by atoms with Crippen LogP contribution in [0.25, 0.3) is 10.9 Å². The van der Waals surface area contributed by atoms with Gasteiger partial charge < -0.3 is 16.2 Å². The molecule has 18 heavy (non-hydrogen) atoms. The maximum atomic E-state index is 13.0. The van der Waals surface area contributed by atoms with E-state index in [9.17, 15) is 8.78 Å². The Morgan fingerprint density at radius 1 is 1.33 bits per heavy atom. The van der Waals surface area contributed by atoms with Crippen LogP contribution in [0.5, 0.6) is 0 Å². The van der Waals surface area contributed by atoms with Crippen LogP contribution in [0.15, 0.2) is 30.5 Å². The van der Waals surface area contributed by atoms with E-state index >= 15 is 0 Å². The molecule has 6 heteroatoms. The highest BCUT2D eigenvalue weighted by atomic mass is 19.3. The van der Waals surface area contributed by atoms with Gasteiger partial charge in [-0.3, -0.25) is 4.98 Å². The third kappa shape index (κ3) is 2.48. The first-order valence-corrected chi connectivity index (χ1v) is 5.39. The summed E-state index contributed by atoms with van der Waals surface area (Å²) in [7, 11) is 0. The van der Waals surface area contributed by atoms with E-state index in [2.05, 4.69) is 10.3 Å². The van der Waals surface area contributed by atoms with Crippen molar-refractivity contribution in [3.05, 3.63) is 30.5 Å². The van der Waals surface area contributed by atoms with Gasteiger partial charge in [0.15, 0.2) is 0 Å². The topological polar surface area (TPSA) is 71.2 Å². The fourth-order valence-corrected chi connectivity index (χ4v) is 1.63. The first-order chi connectivity index (χ1) is 8.53. The van der Waals surface area contributed by atoms with E-state index < -0.39 is 19.1 Å². The molecule has 2 rings (SSSR count). The summed E-state index contributed by atoms with van der Waals surface area (Å²) in [5.74, 6) is -3.16. The number of aromatic nitrogens is 1. The van der Waals surface area contributed by atoms with Gasteiger partial charge in [-0.25, -0.2) is 8.78 Å². The molecule has 1 aromatic carbocycles. The van der Waals surface area contributed by atoms with Crippen molar-refractivity contribution in [2.45, 2.75) is 5.92 Å². The van der Waals surface area contributed by atoms with Crippen molar-refractivity contribution >= 4 is 22.3 Å². The van der Waals surface area contributed by atoms with Crippen molar-refractivity contribution in [3.63, 3.8) is 0 Å². The van der Waals surface area contributed by atoms with Gasteiger partial charge in [-0.05, 0) is 12.1 Å². The number of nitrogen functional groups attached to an aromatic ring is 1. The molecule has 1 aromatic heterocycles. The second-order valence-electron chi connectivity index (χ2n) is 3.97. The van der Waals surface area contributed by atoms with Crippen LogP contribution < -0.4 is 11.1 Å². The number of nitrogens with one attached hydrogen (secondary N) is 1. The number of nitrogens with zero attached hydrogens (tertiary/aromatic N) is 1. The summed E-state index contributed by atoms with van der Waals surface area (Å²) in [5.41, 5.74) is 7.32. The summed E-state index contributed by atoms with van der Waals surface area (Å²) in [5, 5.41) is 11.8. The highest BCUT2D eigenvalue weighted by Gasteiger charge is 2.27. The highest BCUT2D eigenvalue weighted by Crippen LogP contribution is 2.26. The van der Waals surface area contributed by atoms with Gasteiger partial charge in [-0.2, -0.15) is 0 Å². The molecule has 0 bridgehead atoms. The maximum Gasteiger partial charge on any atom is 0.287 e. The molecule has 4 N–H and O–H groups in total. The quantitative estimate of drug-likeness (QED) is 0.727. The molecule has 0 saturated carbocycles. The van der Waals surface area contributed by atoms with E-state index in [1.54, 1.807) is 24.3 Å². The van der Waals surface area contributed by atoms with Crippen molar-refractivity contribution < 1.29 is 13.9 Å². The maximum absolute atomic E-state index is 13.0. The van der Waals surface area contributed by atoms with Gasteiger partial charge in [0.25, 0.3) is 5.92 Å². The monoisotopic (exact) mass is 253 g/mol. The molecule has 0 saturated heterocycles. The van der Waals surface area contributed by atoms with Crippen LogP contribution in [0.4, 0.5) is 20.2 Å². The average molecular weight is 253 g/mol. The summed E-state index contributed by atoms with van der Waals surface area (Å²) < 4.78 is 25.9. The number of nitrogens with two attached hydrogens (primary N) is 1. The normalized spacial score (nSPS) is 11.7. The molecule has 0 spiro atoms. The van der Waals surface area contributed by atoms with E-state index in [0.29, 0.717) is 22.3 Å². The number of anilines is 2. The molecule has 0 aliphatic carbocycles. The van der Waals surface area contributed by atoms with Crippen molar-refractivity contribution in [2.24, 2.45) is 0 Å². The number of alkyl halides is 2. The molecule has 0 aliphatic rings. The molecule has 0 unspecified atom stereocenters. The zero-order chi connectivity index (χ0) is 13.2. The number of fused-ring (bicyclic) bond motifs is 1. The molecule has 4 nitrogen and oxygen atoms in total. The van der Waals surface area contributed by atoms with Crippen LogP contribution in [-0.2, 0) is 0 Å². The Bertz CT molecular complexity index is 560. The Labute approximate surface area is 102 Å². The standard InChI is InChI=1S/C12H13F2N3O/c13-12(14,7-18)6-17-10-4-5-16-11-8(10)2-1-3-9(11)15/h1-5,18H,6-7,15H2,(H,16,17). The van der Waals surface area contributed by atoms with Crippen LogP contribution in [0.1, 0.15) is 0 Å². The highest BCUT2D eigenvalue weighted by molar-refractivity contribution is 5.97. The molecule has 0 fully saturated rings. The van der Waals surface area contributed by atoms with Crippen LogP contribution in [0.3, 0.4) is 0 Å². The zero-order valence-electron chi connectivity index (χ0n) is 9.53. The summed E-state index contributed by atoms with van der Waals surface area (Å²) >= 11 is 0. The predicted octanol–water partition coefficient (Wildman–Crippen LogP) is 1.86. The van der Waals surface area contributed by atoms with Gasteiger partial charge in [0.2, 0.25) is 0 Å². The summed E-state index contributed by atoms with van der Waals surface area (Å²) in [4.78, 5) is 4.10. The van der Waals surface area contributed by atoms with E-state index in [4.69, 9.17) is 10.8 Å².